The molecule has 0 aromatic heterocycles. The molecule has 0 spiro atoms. The summed E-state index contributed by atoms with van der Waals surface area (Å²) < 4.78 is 26.4. The van der Waals surface area contributed by atoms with Gasteiger partial charge in [0.2, 0.25) is 0 Å². The SMILES string of the molecule is C.CCOP(=O)(OCC)OC(C)C. The Morgan fingerprint density at radius 1 is 1.15 bits per heavy atom. The van der Waals surface area contributed by atoms with E-state index in [1.54, 1.807) is 27.7 Å². The Morgan fingerprint density at radius 3 is 1.77 bits per heavy atom. The van der Waals surface area contributed by atoms with Crippen LogP contribution in [0.2, 0.25) is 0 Å². The Morgan fingerprint density at radius 2 is 1.54 bits per heavy atom. The highest BCUT2D eigenvalue weighted by molar-refractivity contribution is 7.48. The second-order valence-electron chi connectivity index (χ2n) is 2.44. The molecule has 0 aliphatic rings. The van der Waals surface area contributed by atoms with E-state index >= 15 is 0 Å². The molecule has 0 heterocycles. The predicted molar refractivity (Wildman–Crippen MR) is 53.8 cm³/mol. The first-order valence-electron chi connectivity index (χ1n) is 4.11. The Labute approximate surface area is 81.2 Å². The maximum absolute atomic E-state index is 11.6. The summed E-state index contributed by atoms with van der Waals surface area (Å²) >= 11 is 0. The Hall–Kier alpha value is 0.110. The minimum atomic E-state index is -3.28. The maximum atomic E-state index is 11.6. The third kappa shape index (κ3) is 7.20. The fourth-order valence-corrected chi connectivity index (χ4v) is 2.02. The van der Waals surface area contributed by atoms with E-state index in [-0.39, 0.29) is 13.5 Å². The maximum Gasteiger partial charge on any atom is 0.475 e. The summed E-state index contributed by atoms with van der Waals surface area (Å²) in [6.45, 7) is 7.70. The lowest BCUT2D eigenvalue weighted by Crippen LogP contribution is -2.05. The second-order valence-corrected chi connectivity index (χ2v) is 4.06. The average Bonchev–Trinajstić information content (AvgIpc) is 1.85. The molecule has 0 radical (unpaired) electrons. The van der Waals surface area contributed by atoms with Crippen molar-refractivity contribution < 1.29 is 18.1 Å². The van der Waals surface area contributed by atoms with Crippen molar-refractivity contribution in [2.24, 2.45) is 0 Å². The van der Waals surface area contributed by atoms with Gasteiger partial charge in [-0.25, -0.2) is 4.57 Å². The first-order chi connectivity index (χ1) is 5.54. The molecule has 0 fully saturated rings. The Bertz CT molecular complexity index is 148. The zero-order valence-electron chi connectivity index (χ0n) is 8.07. The minimum Gasteiger partial charge on any atom is -0.287 e. The van der Waals surface area contributed by atoms with Crippen LogP contribution in [0.1, 0.15) is 35.1 Å². The van der Waals surface area contributed by atoms with Crippen molar-refractivity contribution in [1.82, 2.24) is 0 Å². The summed E-state index contributed by atoms with van der Waals surface area (Å²) in [4.78, 5) is 0. The summed E-state index contributed by atoms with van der Waals surface area (Å²) in [5.74, 6) is 0. The molecule has 4 nitrogen and oxygen atoms in total. The van der Waals surface area contributed by atoms with Gasteiger partial charge in [-0.1, -0.05) is 7.43 Å². The summed E-state index contributed by atoms with van der Waals surface area (Å²) in [6, 6.07) is 0. The molecular formula is C8H21O4P. The fourth-order valence-electron chi connectivity index (χ4n) is 0.673. The van der Waals surface area contributed by atoms with E-state index in [0.717, 1.165) is 0 Å². The third-order valence-electron chi connectivity index (χ3n) is 0.914. The van der Waals surface area contributed by atoms with Gasteiger partial charge >= 0.3 is 7.82 Å². The summed E-state index contributed by atoms with van der Waals surface area (Å²) in [7, 11) is -3.28. The first kappa shape index (κ1) is 15.6. The molecule has 82 valence electrons. The number of rotatable bonds is 6. The van der Waals surface area contributed by atoms with Gasteiger partial charge in [0, 0.05) is 0 Å². The molecule has 0 bridgehead atoms. The van der Waals surface area contributed by atoms with Crippen LogP contribution in [-0.4, -0.2) is 19.3 Å². The van der Waals surface area contributed by atoms with Gasteiger partial charge < -0.3 is 0 Å². The van der Waals surface area contributed by atoms with E-state index in [0.29, 0.717) is 13.2 Å². The van der Waals surface area contributed by atoms with E-state index < -0.39 is 7.82 Å². The lowest BCUT2D eigenvalue weighted by atomic mass is 10.5. The molecule has 0 unspecified atom stereocenters. The average molecular weight is 212 g/mol. The van der Waals surface area contributed by atoms with Crippen molar-refractivity contribution in [3.8, 4) is 0 Å². The van der Waals surface area contributed by atoms with Gasteiger partial charge in [-0.2, -0.15) is 0 Å². The standard InChI is InChI=1S/C7H17O4P.CH4/c1-5-9-12(8,10-6-2)11-7(3)4;/h7H,5-6H2,1-4H3;1H4. The van der Waals surface area contributed by atoms with Crippen LogP contribution in [0.15, 0.2) is 0 Å². The number of phosphoric ester groups is 1. The van der Waals surface area contributed by atoms with Crippen LogP contribution < -0.4 is 0 Å². The van der Waals surface area contributed by atoms with Crippen molar-refractivity contribution >= 4 is 7.82 Å². The zero-order chi connectivity index (χ0) is 9.61. The Kier molecular flexibility index (Phi) is 9.00. The normalized spacial score (nSPS) is 11.5. The third-order valence-corrected chi connectivity index (χ3v) is 2.74. The molecule has 0 N–H and O–H groups in total. The van der Waals surface area contributed by atoms with Crippen LogP contribution in [0.5, 0.6) is 0 Å². The smallest absolute Gasteiger partial charge is 0.287 e. The molecule has 0 aromatic carbocycles. The van der Waals surface area contributed by atoms with E-state index in [2.05, 4.69) is 0 Å². The van der Waals surface area contributed by atoms with E-state index in [9.17, 15) is 4.57 Å². The lowest BCUT2D eigenvalue weighted by Gasteiger charge is -2.18. The fraction of sp³-hybridized carbons (Fsp3) is 1.00. The number of hydrogen-bond donors (Lipinski definition) is 0. The largest absolute Gasteiger partial charge is 0.475 e. The number of hydrogen-bond acceptors (Lipinski definition) is 4. The molecular weight excluding hydrogens is 191 g/mol. The van der Waals surface area contributed by atoms with Gasteiger partial charge in [0.1, 0.15) is 0 Å². The van der Waals surface area contributed by atoms with Crippen molar-refractivity contribution in [2.45, 2.75) is 41.2 Å². The van der Waals surface area contributed by atoms with Crippen molar-refractivity contribution in [3.05, 3.63) is 0 Å². The van der Waals surface area contributed by atoms with Crippen molar-refractivity contribution in [1.29, 1.82) is 0 Å². The molecule has 0 rings (SSSR count). The van der Waals surface area contributed by atoms with Gasteiger partial charge in [-0.3, -0.25) is 13.6 Å². The van der Waals surface area contributed by atoms with Crippen LogP contribution in [0.3, 0.4) is 0 Å². The monoisotopic (exact) mass is 212 g/mol. The molecule has 0 aromatic rings. The first-order valence-corrected chi connectivity index (χ1v) is 5.57. The lowest BCUT2D eigenvalue weighted by molar-refractivity contribution is 0.0976. The molecule has 0 aliphatic carbocycles. The van der Waals surface area contributed by atoms with E-state index in [4.69, 9.17) is 13.6 Å². The van der Waals surface area contributed by atoms with Crippen LogP contribution in [-0.2, 0) is 18.1 Å². The van der Waals surface area contributed by atoms with Crippen LogP contribution >= 0.6 is 7.82 Å². The quantitative estimate of drug-likeness (QED) is 0.634. The summed E-state index contributed by atoms with van der Waals surface area (Å²) in [5.41, 5.74) is 0. The van der Waals surface area contributed by atoms with Crippen molar-refractivity contribution in [2.75, 3.05) is 13.2 Å². The van der Waals surface area contributed by atoms with Gasteiger partial charge in [-0.05, 0) is 27.7 Å². The minimum absolute atomic E-state index is 0. The van der Waals surface area contributed by atoms with Crippen LogP contribution in [0.4, 0.5) is 0 Å². The molecule has 13 heavy (non-hydrogen) atoms. The highest BCUT2D eigenvalue weighted by Crippen LogP contribution is 2.50. The second kappa shape index (κ2) is 7.51. The van der Waals surface area contributed by atoms with Crippen LogP contribution in [0, 0.1) is 0 Å². The highest BCUT2D eigenvalue weighted by atomic mass is 31.2. The van der Waals surface area contributed by atoms with Gasteiger partial charge in [0.15, 0.2) is 0 Å². The van der Waals surface area contributed by atoms with Crippen molar-refractivity contribution in [3.63, 3.8) is 0 Å². The van der Waals surface area contributed by atoms with Gasteiger partial charge in [0.05, 0.1) is 19.3 Å². The van der Waals surface area contributed by atoms with Crippen LogP contribution in [0.25, 0.3) is 0 Å². The van der Waals surface area contributed by atoms with Gasteiger partial charge in [-0.15, -0.1) is 0 Å². The summed E-state index contributed by atoms with van der Waals surface area (Å²) in [6.07, 6.45) is -0.158. The van der Waals surface area contributed by atoms with Gasteiger partial charge in [0.25, 0.3) is 0 Å². The Balaban J connectivity index is 0. The topological polar surface area (TPSA) is 44.8 Å². The molecule has 0 aliphatic heterocycles. The van der Waals surface area contributed by atoms with E-state index in [1.807, 2.05) is 0 Å². The summed E-state index contributed by atoms with van der Waals surface area (Å²) in [5, 5.41) is 0. The van der Waals surface area contributed by atoms with E-state index in [1.165, 1.54) is 0 Å². The predicted octanol–water partition coefficient (Wildman–Crippen LogP) is 3.23. The molecule has 0 atom stereocenters. The molecule has 0 saturated heterocycles. The highest BCUT2D eigenvalue weighted by Gasteiger charge is 2.26. The molecule has 0 amide bonds. The molecule has 5 heteroatoms. The zero-order valence-corrected chi connectivity index (χ0v) is 8.97. The molecule has 0 saturated carbocycles. The number of phosphoric acid groups is 1.